The SMILES string of the molecule is OCCn1nc(Cc2c(Cl)cccc2Cl)nc1C1CCNCC1. The van der Waals surface area contributed by atoms with Crippen molar-refractivity contribution in [3.63, 3.8) is 0 Å². The van der Waals surface area contributed by atoms with Crippen molar-refractivity contribution in [1.29, 1.82) is 0 Å². The summed E-state index contributed by atoms with van der Waals surface area (Å²) in [6.07, 6.45) is 2.57. The fourth-order valence-corrected chi connectivity index (χ4v) is 3.51. The third-order valence-corrected chi connectivity index (χ3v) is 4.87. The average molecular weight is 355 g/mol. The van der Waals surface area contributed by atoms with Gasteiger partial charge in [0.05, 0.1) is 13.2 Å². The van der Waals surface area contributed by atoms with E-state index in [1.54, 1.807) is 0 Å². The van der Waals surface area contributed by atoms with Gasteiger partial charge in [-0.1, -0.05) is 29.3 Å². The van der Waals surface area contributed by atoms with Crippen molar-refractivity contribution in [1.82, 2.24) is 20.1 Å². The number of benzene rings is 1. The van der Waals surface area contributed by atoms with E-state index in [-0.39, 0.29) is 6.61 Å². The van der Waals surface area contributed by atoms with Gasteiger partial charge in [-0.25, -0.2) is 9.67 Å². The molecule has 0 saturated carbocycles. The van der Waals surface area contributed by atoms with Crippen LogP contribution in [0.2, 0.25) is 10.0 Å². The Labute approximate surface area is 145 Å². The number of aliphatic hydroxyl groups excluding tert-OH is 1. The molecule has 2 N–H and O–H groups in total. The van der Waals surface area contributed by atoms with Crippen LogP contribution in [0.4, 0.5) is 0 Å². The Morgan fingerprint density at radius 3 is 2.57 bits per heavy atom. The van der Waals surface area contributed by atoms with Gasteiger partial charge in [-0.2, -0.15) is 5.10 Å². The molecule has 0 atom stereocenters. The smallest absolute Gasteiger partial charge is 0.155 e. The number of piperidine rings is 1. The van der Waals surface area contributed by atoms with Gasteiger partial charge in [-0.3, -0.25) is 0 Å². The van der Waals surface area contributed by atoms with E-state index in [4.69, 9.17) is 28.2 Å². The van der Waals surface area contributed by atoms with Crippen molar-refractivity contribution in [2.24, 2.45) is 0 Å². The summed E-state index contributed by atoms with van der Waals surface area (Å²) in [6, 6.07) is 5.47. The highest BCUT2D eigenvalue weighted by atomic mass is 35.5. The van der Waals surface area contributed by atoms with Crippen molar-refractivity contribution in [3.8, 4) is 0 Å². The first-order valence-electron chi connectivity index (χ1n) is 7.87. The summed E-state index contributed by atoms with van der Waals surface area (Å²) in [7, 11) is 0. The van der Waals surface area contributed by atoms with E-state index in [2.05, 4.69) is 10.4 Å². The van der Waals surface area contributed by atoms with Gasteiger partial charge in [0.2, 0.25) is 0 Å². The van der Waals surface area contributed by atoms with Gasteiger partial charge < -0.3 is 10.4 Å². The van der Waals surface area contributed by atoms with Crippen LogP contribution in [-0.2, 0) is 13.0 Å². The third-order valence-electron chi connectivity index (χ3n) is 4.16. The third kappa shape index (κ3) is 3.86. The molecule has 1 saturated heterocycles. The second-order valence-electron chi connectivity index (χ2n) is 5.73. The normalized spacial score (nSPS) is 16.0. The lowest BCUT2D eigenvalue weighted by Gasteiger charge is -2.22. The Hall–Kier alpha value is -1.14. The molecule has 0 aliphatic carbocycles. The van der Waals surface area contributed by atoms with Crippen LogP contribution in [0.25, 0.3) is 0 Å². The van der Waals surface area contributed by atoms with Crippen LogP contribution < -0.4 is 5.32 Å². The van der Waals surface area contributed by atoms with E-state index in [0.717, 1.165) is 37.3 Å². The standard InChI is InChI=1S/C16H20Cl2N4O/c17-13-2-1-3-14(18)12(13)10-15-20-16(22(21-15)8-9-23)11-4-6-19-7-5-11/h1-3,11,19,23H,4-10H2. The molecule has 0 spiro atoms. The van der Waals surface area contributed by atoms with Gasteiger partial charge >= 0.3 is 0 Å². The number of aromatic nitrogens is 3. The molecule has 1 aliphatic rings. The lowest BCUT2D eigenvalue weighted by Crippen LogP contribution is -2.28. The Bertz CT molecular complexity index is 648. The van der Waals surface area contributed by atoms with Crippen molar-refractivity contribution < 1.29 is 5.11 Å². The highest BCUT2D eigenvalue weighted by Crippen LogP contribution is 2.28. The predicted octanol–water partition coefficient (Wildman–Crippen LogP) is 2.64. The van der Waals surface area contributed by atoms with Crippen LogP contribution in [0, 0.1) is 0 Å². The molecule has 7 heteroatoms. The zero-order valence-corrected chi connectivity index (χ0v) is 14.3. The summed E-state index contributed by atoms with van der Waals surface area (Å²) in [6.45, 7) is 2.49. The number of nitrogens with zero attached hydrogens (tertiary/aromatic N) is 3. The highest BCUT2D eigenvalue weighted by Gasteiger charge is 2.22. The number of halogens is 2. The minimum atomic E-state index is 0.0492. The van der Waals surface area contributed by atoms with Gasteiger partial charge in [-0.15, -0.1) is 0 Å². The monoisotopic (exact) mass is 354 g/mol. The summed E-state index contributed by atoms with van der Waals surface area (Å²) in [5.41, 5.74) is 0.842. The molecule has 1 aromatic heterocycles. The first kappa shape index (κ1) is 16.7. The number of aliphatic hydroxyl groups is 1. The molecular formula is C16H20Cl2N4O. The second-order valence-corrected chi connectivity index (χ2v) is 6.55. The summed E-state index contributed by atoms with van der Waals surface area (Å²) < 4.78 is 1.83. The van der Waals surface area contributed by atoms with Crippen LogP contribution in [-0.4, -0.2) is 39.6 Å². The van der Waals surface area contributed by atoms with Crippen LogP contribution in [0.5, 0.6) is 0 Å². The molecule has 5 nitrogen and oxygen atoms in total. The summed E-state index contributed by atoms with van der Waals surface area (Å²) in [5.74, 6) is 2.03. The predicted molar refractivity (Wildman–Crippen MR) is 91.2 cm³/mol. The Morgan fingerprint density at radius 1 is 1.22 bits per heavy atom. The molecule has 2 aromatic rings. The fraction of sp³-hybridized carbons (Fsp3) is 0.500. The molecule has 0 unspecified atom stereocenters. The van der Waals surface area contributed by atoms with Crippen LogP contribution in [0.3, 0.4) is 0 Å². The molecule has 2 heterocycles. The first-order valence-corrected chi connectivity index (χ1v) is 8.62. The number of rotatable bonds is 5. The molecule has 23 heavy (non-hydrogen) atoms. The fourth-order valence-electron chi connectivity index (χ4n) is 2.98. The van der Waals surface area contributed by atoms with E-state index in [1.165, 1.54) is 0 Å². The second kappa shape index (κ2) is 7.62. The number of hydrogen-bond donors (Lipinski definition) is 2. The van der Waals surface area contributed by atoms with Crippen LogP contribution in [0.15, 0.2) is 18.2 Å². The van der Waals surface area contributed by atoms with Crippen molar-refractivity contribution in [3.05, 3.63) is 45.5 Å². The van der Waals surface area contributed by atoms with Gasteiger partial charge in [0.15, 0.2) is 5.82 Å². The number of hydrogen-bond acceptors (Lipinski definition) is 4. The molecule has 3 rings (SSSR count). The molecular weight excluding hydrogens is 335 g/mol. The van der Waals surface area contributed by atoms with Gasteiger partial charge in [-0.05, 0) is 43.6 Å². The van der Waals surface area contributed by atoms with E-state index in [1.807, 2.05) is 22.9 Å². The summed E-state index contributed by atoms with van der Waals surface area (Å²) >= 11 is 12.5. The Morgan fingerprint density at radius 2 is 1.91 bits per heavy atom. The average Bonchev–Trinajstić information content (AvgIpc) is 2.95. The van der Waals surface area contributed by atoms with Gasteiger partial charge in [0.25, 0.3) is 0 Å². The maximum atomic E-state index is 9.29. The lowest BCUT2D eigenvalue weighted by atomic mass is 9.97. The molecule has 0 radical (unpaired) electrons. The van der Waals surface area contributed by atoms with E-state index in [0.29, 0.717) is 34.8 Å². The van der Waals surface area contributed by atoms with E-state index < -0.39 is 0 Å². The largest absolute Gasteiger partial charge is 0.394 e. The molecule has 1 fully saturated rings. The quantitative estimate of drug-likeness (QED) is 0.866. The summed E-state index contributed by atoms with van der Waals surface area (Å²) in [4.78, 5) is 4.73. The van der Waals surface area contributed by atoms with Crippen molar-refractivity contribution >= 4 is 23.2 Å². The highest BCUT2D eigenvalue weighted by molar-refractivity contribution is 6.36. The van der Waals surface area contributed by atoms with Crippen LogP contribution >= 0.6 is 23.2 Å². The van der Waals surface area contributed by atoms with Gasteiger partial charge in [0, 0.05) is 22.4 Å². The van der Waals surface area contributed by atoms with E-state index in [9.17, 15) is 5.11 Å². The zero-order chi connectivity index (χ0) is 16.2. The first-order chi connectivity index (χ1) is 11.2. The lowest BCUT2D eigenvalue weighted by molar-refractivity contribution is 0.263. The molecule has 124 valence electrons. The minimum Gasteiger partial charge on any atom is -0.394 e. The summed E-state index contributed by atoms with van der Waals surface area (Å²) in [5, 5.41) is 18.5. The van der Waals surface area contributed by atoms with E-state index >= 15 is 0 Å². The Balaban J connectivity index is 1.88. The zero-order valence-electron chi connectivity index (χ0n) is 12.8. The van der Waals surface area contributed by atoms with Gasteiger partial charge in [0.1, 0.15) is 5.82 Å². The molecule has 0 amide bonds. The van der Waals surface area contributed by atoms with Crippen molar-refractivity contribution in [2.45, 2.75) is 31.7 Å². The Kier molecular flexibility index (Phi) is 5.54. The number of nitrogens with one attached hydrogen (secondary N) is 1. The maximum absolute atomic E-state index is 9.29. The van der Waals surface area contributed by atoms with Crippen molar-refractivity contribution in [2.75, 3.05) is 19.7 Å². The minimum absolute atomic E-state index is 0.0492. The molecule has 1 aromatic carbocycles. The molecule has 0 bridgehead atoms. The topological polar surface area (TPSA) is 63.0 Å². The maximum Gasteiger partial charge on any atom is 0.155 e. The van der Waals surface area contributed by atoms with Crippen LogP contribution in [0.1, 0.15) is 36.0 Å². The molecule has 1 aliphatic heterocycles.